The van der Waals surface area contributed by atoms with Crippen LogP contribution in [0.5, 0.6) is 0 Å². The summed E-state index contributed by atoms with van der Waals surface area (Å²) >= 11 is 0. The maximum Gasteiger partial charge on any atom is 0.338 e. The molecule has 2 N–H and O–H groups in total. The average molecular weight is 412 g/mol. The number of hydrogen-bond acceptors (Lipinski definition) is 5. The van der Waals surface area contributed by atoms with Crippen LogP contribution in [0.4, 0.5) is 5.69 Å². The smallest absolute Gasteiger partial charge is 0.338 e. The number of aromatic nitrogens is 1. The number of carbonyl (C=O) groups is 2. The van der Waals surface area contributed by atoms with Crippen LogP contribution in [0.1, 0.15) is 32.0 Å². The summed E-state index contributed by atoms with van der Waals surface area (Å²) in [5, 5.41) is 0. The van der Waals surface area contributed by atoms with E-state index in [1.807, 2.05) is 13.0 Å². The lowest BCUT2D eigenvalue weighted by Crippen LogP contribution is -2.17. The Morgan fingerprint density at radius 3 is 2.52 bits per heavy atom. The molecule has 0 radical (unpaired) electrons. The molecule has 0 aliphatic rings. The first-order valence-electron chi connectivity index (χ1n) is 8.80. The number of ketones is 1. The van der Waals surface area contributed by atoms with Crippen molar-refractivity contribution in [2.24, 2.45) is 0 Å². The van der Waals surface area contributed by atoms with E-state index in [4.69, 9.17) is 4.74 Å². The summed E-state index contributed by atoms with van der Waals surface area (Å²) < 4.78 is 33.2. The van der Waals surface area contributed by atoms with Crippen molar-refractivity contribution in [2.75, 3.05) is 11.3 Å². The average Bonchev–Trinajstić information content (AvgIpc) is 3.20. The second kappa shape index (κ2) is 8.32. The van der Waals surface area contributed by atoms with E-state index in [-0.39, 0.29) is 16.2 Å². The summed E-state index contributed by atoms with van der Waals surface area (Å²) in [6.07, 6.45) is 1.59. The fourth-order valence-electron chi connectivity index (χ4n) is 2.73. The third-order valence-corrected chi connectivity index (χ3v) is 5.74. The number of esters is 1. The van der Waals surface area contributed by atoms with Crippen LogP contribution < -0.4 is 4.72 Å². The van der Waals surface area contributed by atoms with E-state index in [0.717, 1.165) is 5.56 Å². The van der Waals surface area contributed by atoms with Gasteiger partial charge in [-0.25, -0.2) is 13.2 Å². The second-order valence-corrected chi connectivity index (χ2v) is 8.19. The lowest BCUT2D eigenvalue weighted by atomic mass is 10.1. The Morgan fingerprint density at radius 2 is 1.83 bits per heavy atom. The highest BCUT2D eigenvalue weighted by atomic mass is 32.2. The number of aryl methyl sites for hydroxylation is 2. The maximum atomic E-state index is 12.8. The standard InChI is InChI=1S/C21H20N2O5S/c1-14-5-3-6-17(11-14)23-29(26,27)20-12-16(9-8-15(20)2)21(25)28-13-19(24)18-7-4-10-22-18/h3-12,22-23H,13H2,1-2H3. The quantitative estimate of drug-likeness (QED) is 0.457. The van der Waals surface area contributed by atoms with Gasteiger partial charge in [0.15, 0.2) is 6.61 Å². The van der Waals surface area contributed by atoms with Crippen LogP contribution in [0.15, 0.2) is 65.7 Å². The van der Waals surface area contributed by atoms with Gasteiger partial charge in [-0.2, -0.15) is 0 Å². The van der Waals surface area contributed by atoms with E-state index in [0.29, 0.717) is 16.9 Å². The van der Waals surface area contributed by atoms with Gasteiger partial charge in [0, 0.05) is 11.9 Å². The Kier molecular flexibility index (Phi) is 5.84. The van der Waals surface area contributed by atoms with Gasteiger partial charge >= 0.3 is 5.97 Å². The SMILES string of the molecule is Cc1cccc(NS(=O)(=O)c2cc(C(=O)OCC(=O)c3ccc[nH]3)ccc2C)c1. The number of aromatic amines is 1. The molecule has 3 aromatic rings. The molecule has 0 aliphatic carbocycles. The highest BCUT2D eigenvalue weighted by Crippen LogP contribution is 2.22. The monoisotopic (exact) mass is 412 g/mol. The first-order valence-corrected chi connectivity index (χ1v) is 10.3. The van der Waals surface area contributed by atoms with Crippen LogP contribution in [-0.2, 0) is 14.8 Å². The Hall–Kier alpha value is -3.39. The van der Waals surface area contributed by atoms with Crippen LogP contribution in [0.25, 0.3) is 0 Å². The van der Waals surface area contributed by atoms with Crippen LogP contribution in [-0.4, -0.2) is 31.8 Å². The van der Waals surface area contributed by atoms with E-state index >= 15 is 0 Å². The molecule has 150 valence electrons. The van der Waals surface area contributed by atoms with E-state index in [9.17, 15) is 18.0 Å². The first kappa shape index (κ1) is 20.3. The van der Waals surface area contributed by atoms with Gasteiger partial charge in [-0.3, -0.25) is 9.52 Å². The highest BCUT2D eigenvalue weighted by Gasteiger charge is 2.20. The maximum absolute atomic E-state index is 12.8. The molecule has 0 atom stereocenters. The fourth-order valence-corrected chi connectivity index (χ4v) is 4.05. The molecule has 8 heteroatoms. The number of Topliss-reactive ketones (excluding diaryl/α,β-unsaturated/α-hetero) is 1. The normalized spacial score (nSPS) is 11.1. The largest absolute Gasteiger partial charge is 0.454 e. The number of carbonyl (C=O) groups excluding carboxylic acids is 2. The summed E-state index contributed by atoms with van der Waals surface area (Å²) in [6.45, 7) is 3.04. The Bertz CT molecular complexity index is 1150. The predicted octanol–water partition coefficient (Wildman–Crippen LogP) is 3.47. The van der Waals surface area contributed by atoms with E-state index in [1.54, 1.807) is 43.5 Å². The highest BCUT2D eigenvalue weighted by molar-refractivity contribution is 7.92. The molecule has 0 aliphatic heterocycles. The van der Waals surface area contributed by atoms with Gasteiger partial charge in [-0.1, -0.05) is 18.2 Å². The second-order valence-electron chi connectivity index (χ2n) is 6.54. The summed E-state index contributed by atoms with van der Waals surface area (Å²) in [5.41, 5.74) is 2.18. The van der Waals surface area contributed by atoms with Crippen LogP contribution in [0.3, 0.4) is 0 Å². The Balaban J connectivity index is 1.78. The van der Waals surface area contributed by atoms with Crippen molar-refractivity contribution in [3.63, 3.8) is 0 Å². The summed E-state index contributed by atoms with van der Waals surface area (Å²) in [7, 11) is -3.91. The van der Waals surface area contributed by atoms with Gasteiger partial charge in [-0.05, 0) is 61.4 Å². The van der Waals surface area contributed by atoms with E-state index < -0.39 is 22.6 Å². The van der Waals surface area contributed by atoms with Gasteiger partial charge in [-0.15, -0.1) is 0 Å². The van der Waals surface area contributed by atoms with Crippen molar-refractivity contribution in [1.82, 2.24) is 4.98 Å². The minimum atomic E-state index is -3.91. The number of nitrogens with one attached hydrogen (secondary N) is 2. The number of rotatable bonds is 7. The predicted molar refractivity (Wildman–Crippen MR) is 109 cm³/mol. The lowest BCUT2D eigenvalue weighted by molar-refractivity contribution is 0.0473. The minimum absolute atomic E-state index is 0.0378. The molecule has 0 saturated heterocycles. The van der Waals surface area contributed by atoms with Gasteiger partial charge in [0.2, 0.25) is 5.78 Å². The van der Waals surface area contributed by atoms with Crippen molar-refractivity contribution in [3.8, 4) is 0 Å². The molecule has 3 rings (SSSR count). The molecular weight excluding hydrogens is 392 g/mol. The van der Waals surface area contributed by atoms with Crippen LogP contribution in [0.2, 0.25) is 0 Å². The zero-order chi connectivity index (χ0) is 21.0. The van der Waals surface area contributed by atoms with Crippen LogP contribution in [0, 0.1) is 13.8 Å². The van der Waals surface area contributed by atoms with Crippen molar-refractivity contribution >= 4 is 27.5 Å². The Morgan fingerprint density at radius 1 is 1.03 bits per heavy atom. The van der Waals surface area contributed by atoms with Gasteiger partial charge in [0.25, 0.3) is 10.0 Å². The Labute approximate surface area is 168 Å². The van der Waals surface area contributed by atoms with Gasteiger partial charge < -0.3 is 9.72 Å². The molecule has 1 heterocycles. The number of sulfonamides is 1. The first-order chi connectivity index (χ1) is 13.8. The number of ether oxygens (including phenoxy) is 1. The summed E-state index contributed by atoms with van der Waals surface area (Å²) in [4.78, 5) is 26.9. The fraction of sp³-hybridized carbons (Fsp3) is 0.143. The lowest BCUT2D eigenvalue weighted by Gasteiger charge is -2.12. The van der Waals surface area contributed by atoms with Gasteiger partial charge in [0.1, 0.15) is 0 Å². The zero-order valence-corrected chi connectivity index (χ0v) is 16.7. The zero-order valence-electron chi connectivity index (χ0n) is 15.9. The van der Waals surface area contributed by atoms with E-state index in [1.165, 1.54) is 18.2 Å². The molecular formula is C21H20N2O5S. The molecule has 2 aromatic carbocycles. The van der Waals surface area contributed by atoms with Crippen molar-refractivity contribution < 1.29 is 22.7 Å². The molecule has 0 bridgehead atoms. The molecule has 0 saturated carbocycles. The molecule has 0 fully saturated rings. The molecule has 0 unspecified atom stereocenters. The van der Waals surface area contributed by atoms with Crippen molar-refractivity contribution in [3.05, 3.63) is 83.2 Å². The molecule has 1 aromatic heterocycles. The van der Waals surface area contributed by atoms with E-state index in [2.05, 4.69) is 9.71 Å². The van der Waals surface area contributed by atoms with Gasteiger partial charge in [0.05, 0.1) is 16.2 Å². The topological polar surface area (TPSA) is 105 Å². The molecule has 29 heavy (non-hydrogen) atoms. The van der Waals surface area contributed by atoms with Crippen molar-refractivity contribution in [2.45, 2.75) is 18.7 Å². The number of anilines is 1. The number of H-pyrrole nitrogens is 1. The molecule has 0 amide bonds. The minimum Gasteiger partial charge on any atom is -0.454 e. The van der Waals surface area contributed by atoms with Crippen LogP contribution >= 0.6 is 0 Å². The number of benzene rings is 2. The number of hydrogen-bond donors (Lipinski definition) is 2. The molecule has 7 nitrogen and oxygen atoms in total. The third-order valence-electron chi connectivity index (χ3n) is 4.22. The van der Waals surface area contributed by atoms with Crippen molar-refractivity contribution in [1.29, 1.82) is 0 Å². The summed E-state index contributed by atoms with van der Waals surface area (Å²) in [5.74, 6) is -1.17. The third kappa shape index (κ3) is 4.91. The summed E-state index contributed by atoms with van der Waals surface area (Å²) in [6, 6.07) is 14.4. The molecule has 0 spiro atoms.